The number of carbonyl (C=O) groups is 1. The van der Waals surface area contributed by atoms with E-state index in [0.717, 1.165) is 11.1 Å². The second-order valence-corrected chi connectivity index (χ2v) is 10.1. The number of aliphatic hydroxyl groups excluding tert-OH is 1. The van der Waals surface area contributed by atoms with Gasteiger partial charge in [0.15, 0.2) is 11.5 Å². The van der Waals surface area contributed by atoms with Crippen LogP contribution in [0.2, 0.25) is 0 Å². The number of amides is 1. The third kappa shape index (κ3) is 8.12. The number of benzene rings is 4. The van der Waals surface area contributed by atoms with Gasteiger partial charge >= 0.3 is 6.09 Å². The Kier molecular flexibility index (Phi) is 10.8. The second-order valence-electron chi connectivity index (χ2n) is 10.1. The molecule has 0 aliphatic rings. The fourth-order valence-electron chi connectivity index (χ4n) is 5.15. The highest BCUT2D eigenvalue weighted by Crippen LogP contribution is 2.31. The Hall–Kier alpha value is -4.29. The molecule has 41 heavy (non-hydrogen) atoms. The molecule has 214 valence electrons. The van der Waals surface area contributed by atoms with Crippen molar-refractivity contribution in [2.24, 2.45) is 0 Å². The SMILES string of the molecule is COc1ccc(CC(C(C)O)N(CCC(c2ccccc2)c2ccccc2)C(=O)OCc2ccccc2)cc1OC. The summed E-state index contributed by atoms with van der Waals surface area (Å²) in [5.41, 5.74) is 4.16. The van der Waals surface area contributed by atoms with Crippen LogP contribution in [0.5, 0.6) is 11.5 Å². The second kappa shape index (κ2) is 14.9. The molecule has 0 fully saturated rings. The molecule has 0 aliphatic heterocycles. The van der Waals surface area contributed by atoms with Crippen LogP contribution in [-0.4, -0.2) is 49.0 Å². The minimum atomic E-state index is -0.806. The fraction of sp³-hybridized carbons (Fsp3) is 0.286. The lowest BCUT2D eigenvalue weighted by molar-refractivity contribution is 0.0363. The van der Waals surface area contributed by atoms with Crippen molar-refractivity contribution in [1.29, 1.82) is 0 Å². The molecule has 0 saturated carbocycles. The van der Waals surface area contributed by atoms with Gasteiger partial charge in [-0.25, -0.2) is 4.79 Å². The molecule has 0 heterocycles. The summed E-state index contributed by atoms with van der Waals surface area (Å²) in [4.78, 5) is 15.4. The molecule has 0 spiro atoms. The molecule has 0 saturated heterocycles. The predicted molar refractivity (Wildman–Crippen MR) is 161 cm³/mol. The molecule has 4 rings (SSSR count). The molecule has 6 heteroatoms. The minimum absolute atomic E-state index is 0.0672. The average molecular weight is 554 g/mol. The Bertz CT molecular complexity index is 1310. The first-order chi connectivity index (χ1) is 20.0. The number of carbonyl (C=O) groups excluding carboxylic acids is 1. The summed E-state index contributed by atoms with van der Waals surface area (Å²) < 4.78 is 16.7. The Morgan fingerprint density at radius 3 is 1.85 bits per heavy atom. The normalized spacial score (nSPS) is 12.4. The van der Waals surface area contributed by atoms with Gasteiger partial charge in [0.2, 0.25) is 0 Å². The van der Waals surface area contributed by atoms with Gasteiger partial charge in [0, 0.05) is 12.5 Å². The van der Waals surface area contributed by atoms with Crippen molar-refractivity contribution in [1.82, 2.24) is 4.90 Å². The first-order valence-electron chi connectivity index (χ1n) is 14.0. The van der Waals surface area contributed by atoms with Gasteiger partial charge in [0.05, 0.1) is 26.4 Å². The van der Waals surface area contributed by atoms with Gasteiger partial charge < -0.3 is 24.2 Å². The molecule has 4 aromatic rings. The number of rotatable bonds is 13. The summed E-state index contributed by atoms with van der Waals surface area (Å²) in [7, 11) is 3.19. The van der Waals surface area contributed by atoms with E-state index in [9.17, 15) is 9.90 Å². The van der Waals surface area contributed by atoms with Gasteiger partial charge in [-0.3, -0.25) is 0 Å². The molecule has 0 radical (unpaired) electrons. The van der Waals surface area contributed by atoms with Crippen molar-refractivity contribution < 1.29 is 24.1 Å². The lowest BCUT2D eigenvalue weighted by Crippen LogP contribution is -2.48. The lowest BCUT2D eigenvalue weighted by Gasteiger charge is -2.34. The number of ether oxygens (including phenoxy) is 3. The number of hydrogen-bond donors (Lipinski definition) is 1. The van der Waals surface area contributed by atoms with Gasteiger partial charge in [0.25, 0.3) is 0 Å². The van der Waals surface area contributed by atoms with Crippen LogP contribution in [-0.2, 0) is 17.8 Å². The van der Waals surface area contributed by atoms with E-state index in [-0.39, 0.29) is 12.5 Å². The first-order valence-corrected chi connectivity index (χ1v) is 14.0. The standard InChI is InChI=1S/C35H39NO5/c1-26(37)32(23-28-19-20-33(39-2)34(24-28)40-3)36(35(38)41-25-27-13-7-4-8-14-27)22-21-31(29-15-9-5-10-16-29)30-17-11-6-12-18-30/h4-20,24,26,31-32,37H,21-23,25H2,1-3H3. The smallest absolute Gasteiger partial charge is 0.410 e. The van der Waals surface area contributed by atoms with Crippen LogP contribution in [0.25, 0.3) is 0 Å². The third-order valence-electron chi connectivity index (χ3n) is 7.35. The van der Waals surface area contributed by atoms with Crippen molar-refractivity contribution in [2.75, 3.05) is 20.8 Å². The van der Waals surface area contributed by atoms with Gasteiger partial charge in [-0.1, -0.05) is 97.1 Å². The van der Waals surface area contributed by atoms with E-state index in [1.54, 1.807) is 26.0 Å². The molecule has 0 aliphatic carbocycles. The molecule has 2 unspecified atom stereocenters. The Balaban J connectivity index is 1.62. The van der Waals surface area contributed by atoms with Crippen LogP contribution < -0.4 is 9.47 Å². The Labute approximate surface area is 243 Å². The van der Waals surface area contributed by atoms with E-state index < -0.39 is 18.2 Å². The van der Waals surface area contributed by atoms with Crippen LogP contribution in [0, 0.1) is 0 Å². The van der Waals surface area contributed by atoms with Crippen LogP contribution in [0.4, 0.5) is 4.79 Å². The van der Waals surface area contributed by atoms with E-state index >= 15 is 0 Å². The van der Waals surface area contributed by atoms with Crippen molar-refractivity contribution in [3.05, 3.63) is 131 Å². The minimum Gasteiger partial charge on any atom is -0.493 e. The summed E-state index contributed by atoms with van der Waals surface area (Å²) in [5.74, 6) is 1.29. The molecule has 0 bridgehead atoms. The van der Waals surface area contributed by atoms with E-state index in [4.69, 9.17) is 14.2 Å². The molecule has 4 aromatic carbocycles. The fourth-order valence-corrected chi connectivity index (χ4v) is 5.15. The number of aliphatic hydroxyl groups is 1. The molecule has 1 N–H and O–H groups in total. The molecule has 6 nitrogen and oxygen atoms in total. The maximum absolute atomic E-state index is 13.7. The Morgan fingerprint density at radius 1 is 0.756 bits per heavy atom. The van der Waals surface area contributed by atoms with Crippen LogP contribution in [0.3, 0.4) is 0 Å². The summed E-state index contributed by atoms with van der Waals surface area (Å²) >= 11 is 0. The molecule has 1 amide bonds. The topological polar surface area (TPSA) is 68.2 Å². The first kappa shape index (κ1) is 29.7. The number of methoxy groups -OCH3 is 2. The van der Waals surface area contributed by atoms with Crippen molar-refractivity contribution >= 4 is 6.09 Å². The zero-order valence-corrected chi connectivity index (χ0v) is 24.0. The monoisotopic (exact) mass is 553 g/mol. The summed E-state index contributed by atoms with van der Waals surface area (Å²) in [6, 6.07) is 35.4. The molecule has 2 atom stereocenters. The van der Waals surface area contributed by atoms with Gasteiger partial charge in [0.1, 0.15) is 6.61 Å². The Morgan fingerprint density at radius 2 is 1.32 bits per heavy atom. The van der Waals surface area contributed by atoms with E-state index in [0.29, 0.717) is 30.9 Å². The van der Waals surface area contributed by atoms with Crippen LogP contribution >= 0.6 is 0 Å². The summed E-state index contributed by atoms with van der Waals surface area (Å²) in [6.07, 6.45) is -0.192. The highest BCUT2D eigenvalue weighted by atomic mass is 16.6. The molecular formula is C35H39NO5. The zero-order valence-electron chi connectivity index (χ0n) is 24.0. The largest absolute Gasteiger partial charge is 0.493 e. The van der Waals surface area contributed by atoms with Crippen molar-refractivity contribution in [3.8, 4) is 11.5 Å². The predicted octanol–water partition coefficient (Wildman–Crippen LogP) is 6.86. The maximum Gasteiger partial charge on any atom is 0.410 e. The lowest BCUT2D eigenvalue weighted by atomic mass is 9.88. The molecule has 0 aromatic heterocycles. The zero-order chi connectivity index (χ0) is 29.0. The third-order valence-corrected chi connectivity index (χ3v) is 7.35. The maximum atomic E-state index is 13.7. The van der Waals surface area contributed by atoms with Crippen LogP contribution in [0.15, 0.2) is 109 Å². The summed E-state index contributed by atoms with van der Waals surface area (Å²) in [5, 5.41) is 11.0. The highest BCUT2D eigenvalue weighted by Gasteiger charge is 2.30. The summed E-state index contributed by atoms with van der Waals surface area (Å²) in [6.45, 7) is 2.26. The number of nitrogens with zero attached hydrogens (tertiary/aromatic N) is 1. The quantitative estimate of drug-likeness (QED) is 0.196. The van der Waals surface area contributed by atoms with E-state index in [2.05, 4.69) is 24.3 Å². The van der Waals surface area contributed by atoms with Gasteiger partial charge in [-0.15, -0.1) is 0 Å². The molecular weight excluding hydrogens is 514 g/mol. The van der Waals surface area contributed by atoms with Crippen LogP contribution in [0.1, 0.15) is 41.5 Å². The average Bonchev–Trinajstić information content (AvgIpc) is 3.02. The van der Waals surface area contributed by atoms with Gasteiger partial charge in [-0.05, 0) is 54.2 Å². The van der Waals surface area contributed by atoms with Crippen molar-refractivity contribution in [3.63, 3.8) is 0 Å². The van der Waals surface area contributed by atoms with Crippen molar-refractivity contribution in [2.45, 2.75) is 44.4 Å². The van der Waals surface area contributed by atoms with Gasteiger partial charge in [-0.2, -0.15) is 0 Å². The number of hydrogen-bond acceptors (Lipinski definition) is 5. The highest BCUT2D eigenvalue weighted by molar-refractivity contribution is 5.68. The van der Waals surface area contributed by atoms with E-state index in [1.165, 1.54) is 11.1 Å². The van der Waals surface area contributed by atoms with E-state index in [1.807, 2.05) is 84.9 Å².